The summed E-state index contributed by atoms with van der Waals surface area (Å²) in [7, 11) is -0.291. The molecule has 0 aliphatic carbocycles. The zero-order valence-electron chi connectivity index (χ0n) is 16.1. The second-order valence-corrected chi connectivity index (χ2v) is 8.50. The van der Waals surface area contributed by atoms with Gasteiger partial charge in [0, 0.05) is 26.3 Å². The lowest BCUT2D eigenvalue weighted by atomic mass is 10.3. The Balaban J connectivity index is 1.55. The number of aryl methyl sites for hydroxylation is 1. The molecule has 3 rings (SSSR count). The van der Waals surface area contributed by atoms with Crippen molar-refractivity contribution < 1.29 is 22.7 Å². The molecule has 1 fully saturated rings. The van der Waals surface area contributed by atoms with Gasteiger partial charge in [-0.15, -0.1) is 0 Å². The van der Waals surface area contributed by atoms with Crippen LogP contribution in [0.5, 0.6) is 11.5 Å². The molecule has 0 bridgehead atoms. The molecule has 1 N–H and O–H groups in total. The molecule has 28 heavy (non-hydrogen) atoms. The lowest BCUT2D eigenvalue weighted by molar-refractivity contribution is 0.0939. The number of rotatable bonds is 8. The minimum atomic E-state index is -3.54. The van der Waals surface area contributed by atoms with Gasteiger partial charge in [0.15, 0.2) is 0 Å². The molecule has 152 valence electrons. The molecule has 9 heteroatoms. The molecule has 0 atom stereocenters. The summed E-state index contributed by atoms with van der Waals surface area (Å²) in [5.41, 5.74) is 0.294. The van der Waals surface area contributed by atoms with E-state index in [1.807, 2.05) is 0 Å². The molecule has 0 spiro atoms. The second-order valence-electron chi connectivity index (χ2n) is 6.56. The zero-order valence-corrected chi connectivity index (χ0v) is 16.9. The van der Waals surface area contributed by atoms with Crippen LogP contribution >= 0.6 is 0 Å². The molecule has 1 aliphatic rings. The molecule has 1 aromatic heterocycles. The molecule has 0 saturated carbocycles. The van der Waals surface area contributed by atoms with Crippen molar-refractivity contribution in [2.24, 2.45) is 7.05 Å². The van der Waals surface area contributed by atoms with Gasteiger partial charge in [0.2, 0.25) is 10.0 Å². The van der Waals surface area contributed by atoms with E-state index in [1.165, 1.54) is 21.1 Å². The minimum Gasteiger partial charge on any atom is -0.497 e. The van der Waals surface area contributed by atoms with E-state index in [0.29, 0.717) is 37.7 Å². The fourth-order valence-electron chi connectivity index (χ4n) is 3.07. The first-order valence-corrected chi connectivity index (χ1v) is 10.6. The number of ether oxygens (including phenoxy) is 2. The van der Waals surface area contributed by atoms with Crippen LogP contribution in [0.4, 0.5) is 0 Å². The highest BCUT2D eigenvalue weighted by Gasteiger charge is 2.29. The number of carbonyl (C=O) groups excluding carboxylic acids is 1. The van der Waals surface area contributed by atoms with Gasteiger partial charge in [-0.1, -0.05) is 0 Å². The average molecular weight is 407 g/mol. The van der Waals surface area contributed by atoms with Crippen LogP contribution in [-0.4, -0.2) is 56.5 Å². The molecule has 2 aromatic rings. The zero-order chi connectivity index (χ0) is 20.1. The van der Waals surface area contributed by atoms with Crippen LogP contribution in [0, 0.1) is 0 Å². The van der Waals surface area contributed by atoms with Gasteiger partial charge in [-0.3, -0.25) is 4.79 Å². The molecule has 1 aromatic carbocycles. The highest BCUT2D eigenvalue weighted by atomic mass is 32.2. The molecule has 8 nitrogen and oxygen atoms in total. The van der Waals surface area contributed by atoms with E-state index in [-0.39, 0.29) is 10.8 Å². The van der Waals surface area contributed by atoms with Crippen molar-refractivity contribution in [3.8, 4) is 11.5 Å². The van der Waals surface area contributed by atoms with Crippen LogP contribution in [0.25, 0.3) is 0 Å². The average Bonchev–Trinajstić information content (AvgIpc) is 3.36. The second kappa shape index (κ2) is 8.66. The summed E-state index contributed by atoms with van der Waals surface area (Å²) >= 11 is 0. The predicted octanol–water partition coefficient (Wildman–Crippen LogP) is 1.63. The van der Waals surface area contributed by atoms with Gasteiger partial charge in [0.25, 0.3) is 5.91 Å². The van der Waals surface area contributed by atoms with Crippen molar-refractivity contribution in [3.05, 3.63) is 42.2 Å². The number of benzene rings is 1. The van der Waals surface area contributed by atoms with Crippen LogP contribution in [-0.2, 0) is 17.1 Å². The van der Waals surface area contributed by atoms with Crippen LogP contribution in [0.3, 0.4) is 0 Å². The standard InChI is InChI=1S/C19H25N3O5S/c1-21-14-17(28(24,25)22-10-3-4-11-22)13-18(21)19(23)20-9-12-27-16-7-5-15(26-2)6-8-16/h5-8,13-14H,3-4,9-12H2,1-2H3,(H,20,23). The number of aromatic nitrogens is 1. The van der Waals surface area contributed by atoms with Crippen molar-refractivity contribution in [2.45, 2.75) is 17.7 Å². The molecular weight excluding hydrogens is 382 g/mol. The third kappa shape index (κ3) is 4.48. The summed E-state index contributed by atoms with van der Waals surface area (Å²) in [4.78, 5) is 12.6. The summed E-state index contributed by atoms with van der Waals surface area (Å²) in [5.74, 6) is 1.07. The Kier molecular flexibility index (Phi) is 6.25. The van der Waals surface area contributed by atoms with Gasteiger partial charge in [0.05, 0.1) is 13.7 Å². The summed E-state index contributed by atoms with van der Waals surface area (Å²) in [5, 5.41) is 2.75. The molecule has 1 aliphatic heterocycles. The third-order valence-corrected chi connectivity index (χ3v) is 6.50. The number of nitrogens with zero attached hydrogens (tertiary/aromatic N) is 2. The number of carbonyl (C=O) groups is 1. The largest absolute Gasteiger partial charge is 0.497 e. The Bertz CT molecular complexity index is 916. The van der Waals surface area contributed by atoms with Gasteiger partial charge >= 0.3 is 0 Å². The molecule has 1 saturated heterocycles. The highest BCUT2D eigenvalue weighted by molar-refractivity contribution is 7.89. The maximum atomic E-state index is 12.6. The summed E-state index contributed by atoms with van der Waals surface area (Å²) in [6.45, 7) is 1.65. The van der Waals surface area contributed by atoms with Crippen LogP contribution in [0.15, 0.2) is 41.4 Å². The van der Waals surface area contributed by atoms with E-state index in [0.717, 1.165) is 18.6 Å². The van der Waals surface area contributed by atoms with E-state index >= 15 is 0 Å². The van der Waals surface area contributed by atoms with Crippen molar-refractivity contribution in [3.63, 3.8) is 0 Å². The first-order valence-electron chi connectivity index (χ1n) is 9.13. The Labute approximate surface area is 165 Å². The van der Waals surface area contributed by atoms with Gasteiger partial charge < -0.3 is 19.4 Å². The summed E-state index contributed by atoms with van der Waals surface area (Å²) < 4.78 is 38.9. The Morgan fingerprint density at radius 2 is 1.79 bits per heavy atom. The van der Waals surface area contributed by atoms with Gasteiger partial charge in [-0.2, -0.15) is 4.31 Å². The predicted molar refractivity (Wildman–Crippen MR) is 104 cm³/mol. The normalized spacial score (nSPS) is 14.8. The lowest BCUT2D eigenvalue weighted by Gasteiger charge is -2.13. The third-order valence-electron chi connectivity index (χ3n) is 4.63. The molecule has 2 heterocycles. The highest BCUT2D eigenvalue weighted by Crippen LogP contribution is 2.22. The van der Waals surface area contributed by atoms with E-state index in [2.05, 4.69) is 5.32 Å². The number of sulfonamides is 1. The van der Waals surface area contributed by atoms with E-state index in [1.54, 1.807) is 38.4 Å². The summed E-state index contributed by atoms with van der Waals surface area (Å²) in [6.07, 6.45) is 3.22. The maximum absolute atomic E-state index is 12.6. The summed E-state index contributed by atoms with van der Waals surface area (Å²) in [6, 6.07) is 8.58. The van der Waals surface area contributed by atoms with Gasteiger partial charge in [0.1, 0.15) is 28.7 Å². The number of nitrogens with one attached hydrogen (secondary N) is 1. The topological polar surface area (TPSA) is 89.9 Å². The fourth-order valence-corrected chi connectivity index (χ4v) is 4.66. The van der Waals surface area contributed by atoms with Crippen LogP contribution in [0.2, 0.25) is 0 Å². The molecule has 1 amide bonds. The number of hydrogen-bond donors (Lipinski definition) is 1. The number of methoxy groups -OCH3 is 1. The van der Waals surface area contributed by atoms with E-state index < -0.39 is 10.0 Å². The first kappa shape index (κ1) is 20.2. The van der Waals surface area contributed by atoms with E-state index in [9.17, 15) is 13.2 Å². The Morgan fingerprint density at radius 3 is 2.43 bits per heavy atom. The Morgan fingerprint density at radius 1 is 1.14 bits per heavy atom. The number of amides is 1. The molecule has 0 unspecified atom stereocenters. The van der Waals surface area contributed by atoms with Crippen LogP contribution < -0.4 is 14.8 Å². The van der Waals surface area contributed by atoms with Crippen molar-refractivity contribution in [1.29, 1.82) is 0 Å². The monoisotopic (exact) mass is 407 g/mol. The van der Waals surface area contributed by atoms with E-state index in [4.69, 9.17) is 9.47 Å². The first-order chi connectivity index (χ1) is 13.4. The smallest absolute Gasteiger partial charge is 0.268 e. The maximum Gasteiger partial charge on any atom is 0.268 e. The Hall–Kier alpha value is -2.52. The van der Waals surface area contributed by atoms with Gasteiger partial charge in [-0.25, -0.2) is 8.42 Å². The minimum absolute atomic E-state index is 0.150. The van der Waals surface area contributed by atoms with Crippen molar-refractivity contribution in [1.82, 2.24) is 14.2 Å². The number of hydrogen-bond acceptors (Lipinski definition) is 5. The SMILES string of the molecule is COc1ccc(OCCNC(=O)c2cc(S(=O)(=O)N3CCCC3)cn2C)cc1. The quantitative estimate of drug-likeness (QED) is 0.672. The lowest BCUT2D eigenvalue weighted by Crippen LogP contribution is -2.29. The van der Waals surface area contributed by atoms with Crippen molar-refractivity contribution >= 4 is 15.9 Å². The molecule has 0 radical (unpaired) electrons. The molecular formula is C19H25N3O5S. The van der Waals surface area contributed by atoms with Gasteiger partial charge in [-0.05, 0) is 43.2 Å². The van der Waals surface area contributed by atoms with Crippen molar-refractivity contribution in [2.75, 3.05) is 33.4 Å². The fraction of sp³-hybridized carbons (Fsp3) is 0.421. The van der Waals surface area contributed by atoms with Crippen LogP contribution in [0.1, 0.15) is 23.3 Å².